The van der Waals surface area contributed by atoms with Crippen molar-refractivity contribution in [2.75, 3.05) is 6.54 Å². The first-order valence-corrected chi connectivity index (χ1v) is 3.44. The largest absolute Gasteiger partial charge is 0.227 e. The van der Waals surface area contributed by atoms with Crippen LogP contribution in [0.25, 0.3) is 10.4 Å². The van der Waals surface area contributed by atoms with Crippen molar-refractivity contribution in [3.8, 4) is 11.8 Å². The number of rotatable bonds is 1. The minimum atomic E-state index is -0.541. The summed E-state index contributed by atoms with van der Waals surface area (Å²) in [4.78, 5) is 5.93. The van der Waals surface area contributed by atoms with Crippen LogP contribution in [0.4, 0.5) is 4.39 Å². The molecule has 0 saturated carbocycles. The van der Waals surface area contributed by atoms with Crippen molar-refractivity contribution in [2.24, 2.45) is 5.11 Å². The van der Waals surface area contributed by atoms with Gasteiger partial charge < -0.3 is 0 Å². The van der Waals surface area contributed by atoms with E-state index in [1.165, 1.54) is 18.3 Å². The molecule has 13 heavy (non-hydrogen) atoms. The molecule has 5 heteroatoms. The average molecular weight is 176 g/mol. The quantitative estimate of drug-likeness (QED) is 0.212. The first-order valence-electron chi connectivity index (χ1n) is 3.44. The van der Waals surface area contributed by atoms with Crippen LogP contribution in [0.15, 0.2) is 23.4 Å². The van der Waals surface area contributed by atoms with Gasteiger partial charge in [-0.25, -0.2) is 4.98 Å². The van der Waals surface area contributed by atoms with E-state index in [9.17, 15) is 4.39 Å². The summed E-state index contributed by atoms with van der Waals surface area (Å²) in [5, 5.41) is 3.22. The Morgan fingerprint density at radius 1 is 1.62 bits per heavy atom. The lowest BCUT2D eigenvalue weighted by molar-refractivity contribution is 0.583. The number of azide groups is 1. The Balaban J connectivity index is 2.66. The predicted octanol–water partition coefficient (Wildman–Crippen LogP) is 1.88. The lowest BCUT2D eigenvalue weighted by atomic mass is 10.3. The number of hydrogen-bond acceptors (Lipinski definition) is 2. The molecule has 1 rings (SSSR count). The first kappa shape index (κ1) is 9.04. The second-order valence-corrected chi connectivity index (χ2v) is 2.06. The maximum Gasteiger partial charge on any atom is 0.212 e. The summed E-state index contributed by atoms with van der Waals surface area (Å²) in [7, 11) is 0. The number of pyridine rings is 1. The van der Waals surface area contributed by atoms with Gasteiger partial charge in [0.15, 0.2) is 0 Å². The smallest absolute Gasteiger partial charge is 0.212 e. The normalized spacial score (nSPS) is 8.08. The predicted molar refractivity (Wildman–Crippen MR) is 45.1 cm³/mol. The summed E-state index contributed by atoms with van der Waals surface area (Å²) in [6, 6.07) is 2.73. The van der Waals surface area contributed by atoms with E-state index in [0.29, 0.717) is 5.56 Å². The van der Waals surface area contributed by atoms with E-state index in [4.69, 9.17) is 5.53 Å². The van der Waals surface area contributed by atoms with Gasteiger partial charge in [-0.1, -0.05) is 17.0 Å². The number of nitrogens with zero attached hydrogens (tertiary/aromatic N) is 4. The fourth-order valence-electron chi connectivity index (χ4n) is 0.658. The van der Waals surface area contributed by atoms with Crippen LogP contribution in [-0.4, -0.2) is 11.5 Å². The van der Waals surface area contributed by atoms with Gasteiger partial charge in [0.25, 0.3) is 0 Å². The zero-order valence-corrected chi connectivity index (χ0v) is 6.61. The fraction of sp³-hybridized carbons (Fsp3) is 0.125. The molecule has 0 saturated heterocycles. The molecule has 0 aliphatic heterocycles. The molecule has 0 fully saturated rings. The van der Waals surface area contributed by atoms with Crippen LogP contribution in [0.5, 0.6) is 0 Å². The Kier molecular flexibility index (Phi) is 3.31. The lowest BCUT2D eigenvalue weighted by Crippen LogP contribution is -1.82. The highest BCUT2D eigenvalue weighted by molar-refractivity contribution is 5.31. The van der Waals surface area contributed by atoms with Gasteiger partial charge in [-0.05, 0) is 17.7 Å². The lowest BCUT2D eigenvalue weighted by Gasteiger charge is -1.87. The van der Waals surface area contributed by atoms with Crippen molar-refractivity contribution in [1.29, 1.82) is 0 Å². The van der Waals surface area contributed by atoms with Crippen LogP contribution in [0.2, 0.25) is 0 Å². The van der Waals surface area contributed by atoms with E-state index in [1.54, 1.807) is 0 Å². The molecule has 0 spiro atoms. The highest BCUT2D eigenvalue weighted by Crippen LogP contribution is 1.95. The molecular weight excluding hydrogens is 171 g/mol. The second kappa shape index (κ2) is 4.75. The molecule has 0 aliphatic carbocycles. The second-order valence-electron chi connectivity index (χ2n) is 2.06. The molecule has 0 aromatic carbocycles. The molecule has 0 amide bonds. The Bertz CT molecular complexity index is 381. The van der Waals surface area contributed by atoms with Crippen LogP contribution in [0, 0.1) is 17.8 Å². The summed E-state index contributed by atoms with van der Waals surface area (Å²) >= 11 is 0. The number of halogens is 1. The highest BCUT2D eigenvalue weighted by atomic mass is 19.1. The molecule has 64 valence electrons. The van der Waals surface area contributed by atoms with Crippen LogP contribution in [0.3, 0.4) is 0 Å². The fourth-order valence-corrected chi connectivity index (χ4v) is 0.658. The summed E-state index contributed by atoms with van der Waals surface area (Å²) in [5.41, 5.74) is 8.52. The van der Waals surface area contributed by atoms with E-state index in [-0.39, 0.29) is 6.54 Å². The van der Waals surface area contributed by atoms with Crippen molar-refractivity contribution >= 4 is 0 Å². The van der Waals surface area contributed by atoms with Gasteiger partial charge in [-0.3, -0.25) is 0 Å². The molecular formula is C8H5FN4. The number of aromatic nitrogens is 1. The molecule has 0 N–H and O–H groups in total. The summed E-state index contributed by atoms with van der Waals surface area (Å²) in [6.45, 7) is 0.105. The van der Waals surface area contributed by atoms with Gasteiger partial charge in [-0.2, -0.15) is 4.39 Å². The van der Waals surface area contributed by atoms with Gasteiger partial charge >= 0.3 is 0 Å². The molecule has 0 aliphatic rings. The molecule has 0 atom stereocenters. The van der Waals surface area contributed by atoms with Crippen molar-refractivity contribution in [1.82, 2.24) is 4.98 Å². The van der Waals surface area contributed by atoms with E-state index in [1.807, 2.05) is 0 Å². The highest BCUT2D eigenvalue weighted by Gasteiger charge is 1.88. The monoisotopic (exact) mass is 176 g/mol. The molecule has 4 nitrogen and oxygen atoms in total. The number of hydrogen-bond donors (Lipinski definition) is 0. The van der Waals surface area contributed by atoms with E-state index in [2.05, 4.69) is 26.9 Å². The van der Waals surface area contributed by atoms with E-state index < -0.39 is 5.95 Å². The maximum absolute atomic E-state index is 12.3. The maximum atomic E-state index is 12.3. The molecule has 1 heterocycles. The standard InChI is InChI=1S/C8H5FN4/c9-8-4-3-7(6-11-8)2-1-5-12-13-10/h3-4,6H,5H2. The van der Waals surface area contributed by atoms with Gasteiger partial charge in [0.05, 0.1) is 6.54 Å². The van der Waals surface area contributed by atoms with Crippen molar-refractivity contribution in [2.45, 2.75) is 0 Å². The minimum absolute atomic E-state index is 0.105. The molecule has 0 unspecified atom stereocenters. The molecule has 0 bridgehead atoms. The van der Waals surface area contributed by atoms with Crippen LogP contribution < -0.4 is 0 Å². The van der Waals surface area contributed by atoms with Crippen molar-refractivity contribution < 1.29 is 4.39 Å². The molecule has 1 aromatic rings. The van der Waals surface area contributed by atoms with E-state index >= 15 is 0 Å². The topological polar surface area (TPSA) is 61.7 Å². The van der Waals surface area contributed by atoms with Crippen LogP contribution >= 0.6 is 0 Å². The van der Waals surface area contributed by atoms with Gasteiger partial charge in [0.1, 0.15) is 0 Å². The average Bonchev–Trinajstić information content (AvgIpc) is 2.15. The zero-order chi connectivity index (χ0) is 9.52. The summed E-state index contributed by atoms with van der Waals surface area (Å²) in [5.74, 6) is 4.71. The third-order valence-corrected chi connectivity index (χ3v) is 1.17. The summed E-state index contributed by atoms with van der Waals surface area (Å²) < 4.78 is 12.3. The van der Waals surface area contributed by atoms with Crippen LogP contribution in [-0.2, 0) is 0 Å². The third-order valence-electron chi connectivity index (χ3n) is 1.17. The van der Waals surface area contributed by atoms with Gasteiger partial charge in [0, 0.05) is 16.7 Å². The van der Waals surface area contributed by atoms with E-state index in [0.717, 1.165) is 0 Å². The molecule has 0 radical (unpaired) electrons. The SMILES string of the molecule is [N-]=[N+]=NCC#Cc1ccc(F)nc1. The van der Waals surface area contributed by atoms with Gasteiger partial charge in [-0.15, -0.1) is 0 Å². The van der Waals surface area contributed by atoms with Crippen molar-refractivity contribution in [3.05, 3.63) is 40.3 Å². The zero-order valence-electron chi connectivity index (χ0n) is 6.61. The van der Waals surface area contributed by atoms with Crippen LogP contribution in [0.1, 0.15) is 5.56 Å². The Morgan fingerprint density at radius 3 is 3.08 bits per heavy atom. The molecule has 1 aromatic heterocycles. The first-order chi connectivity index (χ1) is 6.33. The minimum Gasteiger partial charge on any atom is -0.227 e. The third kappa shape index (κ3) is 3.23. The van der Waals surface area contributed by atoms with Gasteiger partial charge in [0.2, 0.25) is 5.95 Å². The van der Waals surface area contributed by atoms with Crippen molar-refractivity contribution in [3.63, 3.8) is 0 Å². The Hall–Kier alpha value is -2.05. The summed E-state index contributed by atoms with van der Waals surface area (Å²) in [6.07, 6.45) is 1.32. The Labute approximate surface area is 74.0 Å². The Morgan fingerprint density at radius 2 is 2.46 bits per heavy atom.